The van der Waals surface area contributed by atoms with Crippen LogP contribution >= 0.6 is 0 Å². The molecule has 0 aliphatic carbocycles. The van der Waals surface area contributed by atoms with Gasteiger partial charge in [0.2, 0.25) is 5.91 Å². The molecule has 0 saturated heterocycles. The predicted octanol–water partition coefficient (Wildman–Crippen LogP) is 4.66. The van der Waals surface area contributed by atoms with Crippen molar-refractivity contribution in [3.8, 4) is 0 Å². The summed E-state index contributed by atoms with van der Waals surface area (Å²) in [6.07, 6.45) is 3.43. The maximum Gasteiger partial charge on any atom is 0.220 e. The number of carbonyl (C=O) groups is 1. The monoisotopic (exact) mass is 334 g/mol. The lowest BCUT2D eigenvalue weighted by molar-refractivity contribution is -0.121. The number of amides is 1. The standard InChI is InChI=1S/C22H26N2O/c1-16(2)14-24-22(25)13-18(12-17-8-4-3-5-9-17)20-15-23-21-11-7-6-10-19(20)21/h3-11,15-16,18,23H,12-14H2,1-2H3,(H,24,25). The van der Waals surface area contributed by atoms with Crippen molar-refractivity contribution in [2.75, 3.05) is 6.54 Å². The summed E-state index contributed by atoms with van der Waals surface area (Å²) in [5.41, 5.74) is 3.60. The Hall–Kier alpha value is -2.55. The zero-order valence-electron chi connectivity index (χ0n) is 15.0. The lowest BCUT2D eigenvalue weighted by Crippen LogP contribution is -2.29. The van der Waals surface area contributed by atoms with E-state index in [1.807, 2.05) is 12.1 Å². The molecule has 0 bridgehead atoms. The van der Waals surface area contributed by atoms with E-state index in [1.54, 1.807) is 0 Å². The summed E-state index contributed by atoms with van der Waals surface area (Å²) < 4.78 is 0. The normalized spacial score (nSPS) is 12.4. The number of aromatic nitrogens is 1. The molecule has 1 aromatic heterocycles. The van der Waals surface area contributed by atoms with Crippen LogP contribution in [0.2, 0.25) is 0 Å². The number of hydrogen-bond acceptors (Lipinski definition) is 1. The summed E-state index contributed by atoms with van der Waals surface area (Å²) in [7, 11) is 0. The second-order valence-electron chi connectivity index (χ2n) is 7.08. The second kappa shape index (κ2) is 8.02. The van der Waals surface area contributed by atoms with Crippen molar-refractivity contribution in [1.29, 1.82) is 0 Å². The molecule has 2 N–H and O–H groups in total. The second-order valence-corrected chi connectivity index (χ2v) is 7.08. The molecular formula is C22H26N2O. The van der Waals surface area contributed by atoms with Crippen molar-refractivity contribution < 1.29 is 4.79 Å². The van der Waals surface area contributed by atoms with Crippen LogP contribution in [-0.4, -0.2) is 17.4 Å². The quantitative estimate of drug-likeness (QED) is 0.649. The lowest BCUT2D eigenvalue weighted by Gasteiger charge is -2.17. The Morgan fingerprint density at radius 2 is 1.76 bits per heavy atom. The average Bonchev–Trinajstić information content (AvgIpc) is 3.04. The molecule has 3 rings (SSSR count). The average molecular weight is 334 g/mol. The summed E-state index contributed by atoms with van der Waals surface area (Å²) in [6.45, 7) is 4.95. The number of rotatable bonds is 7. The zero-order valence-corrected chi connectivity index (χ0v) is 15.0. The highest BCUT2D eigenvalue weighted by molar-refractivity contribution is 5.85. The molecule has 0 aliphatic rings. The van der Waals surface area contributed by atoms with Crippen LogP contribution in [-0.2, 0) is 11.2 Å². The fourth-order valence-electron chi connectivity index (χ4n) is 3.24. The molecule has 0 aliphatic heterocycles. The highest BCUT2D eigenvalue weighted by atomic mass is 16.1. The molecule has 25 heavy (non-hydrogen) atoms. The van der Waals surface area contributed by atoms with Crippen molar-refractivity contribution in [2.45, 2.75) is 32.6 Å². The van der Waals surface area contributed by atoms with Crippen molar-refractivity contribution in [3.63, 3.8) is 0 Å². The topological polar surface area (TPSA) is 44.9 Å². The summed E-state index contributed by atoms with van der Waals surface area (Å²) in [5, 5.41) is 4.27. The van der Waals surface area contributed by atoms with E-state index >= 15 is 0 Å². The molecule has 0 spiro atoms. The molecule has 0 fully saturated rings. The van der Waals surface area contributed by atoms with Crippen LogP contribution in [0, 0.1) is 5.92 Å². The third-order valence-electron chi connectivity index (χ3n) is 4.53. The van der Waals surface area contributed by atoms with Gasteiger partial charge in [-0.3, -0.25) is 4.79 Å². The van der Waals surface area contributed by atoms with Crippen molar-refractivity contribution in [3.05, 3.63) is 71.9 Å². The lowest BCUT2D eigenvalue weighted by atomic mass is 9.88. The maximum absolute atomic E-state index is 12.5. The first-order valence-corrected chi connectivity index (χ1v) is 9.00. The number of aromatic amines is 1. The number of hydrogen-bond donors (Lipinski definition) is 2. The molecule has 3 aromatic rings. The first kappa shape index (κ1) is 17.3. The van der Waals surface area contributed by atoms with Crippen LogP contribution in [0.5, 0.6) is 0 Å². The van der Waals surface area contributed by atoms with Gasteiger partial charge >= 0.3 is 0 Å². The van der Waals surface area contributed by atoms with Gasteiger partial charge in [-0.15, -0.1) is 0 Å². The first-order chi connectivity index (χ1) is 12.1. The fourth-order valence-corrected chi connectivity index (χ4v) is 3.24. The number of benzene rings is 2. The number of fused-ring (bicyclic) bond motifs is 1. The molecule has 0 radical (unpaired) electrons. The third-order valence-corrected chi connectivity index (χ3v) is 4.53. The van der Waals surface area contributed by atoms with Gasteiger partial charge < -0.3 is 10.3 Å². The Bertz CT molecular complexity index is 820. The number of para-hydroxylation sites is 1. The van der Waals surface area contributed by atoms with Crippen LogP contribution in [0.3, 0.4) is 0 Å². The van der Waals surface area contributed by atoms with Crippen molar-refractivity contribution in [2.24, 2.45) is 5.92 Å². The summed E-state index contributed by atoms with van der Waals surface area (Å²) in [4.78, 5) is 15.8. The Morgan fingerprint density at radius 3 is 2.52 bits per heavy atom. The molecule has 2 aromatic carbocycles. The molecular weight excluding hydrogens is 308 g/mol. The van der Waals surface area contributed by atoms with Crippen molar-refractivity contribution in [1.82, 2.24) is 10.3 Å². The van der Waals surface area contributed by atoms with E-state index in [1.165, 1.54) is 16.5 Å². The molecule has 3 heteroatoms. The molecule has 1 heterocycles. The fraction of sp³-hybridized carbons (Fsp3) is 0.318. The Morgan fingerprint density at radius 1 is 1.04 bits per heavy atom. The number of carbonyl (C=O) groups excluding carboxylic acids is 1. The van der Waals surface area contributed by atoms with E-state index in [0.717, 1.165) is 18.5 Å². The van der Waals surface area contributed by atoms with E-state index in [9.17, 15) is 4.79 Å². The summed E-state index contributed by atoms with van der Waals surface area (Å²) in [6, 6.07) is 18.7. The molecule has 0 saturated carbocycles. The van der Waals surface area contributed by atoms with E-state index < -0.39 is 0 Å². The van der Waals surface area contributed by atoms with Gasteiger partial charge in [0.1, 0.15) is 0 Å². The number of H-pyrrole nitrogens is 1. The minimum atomic E-state index is 0.125. The van der Waals surface area contributed by atoms with Gasteiger partial charge in [0.25, 0.3) is 0 Å². The minimum Gasteiger partial charge on any atom is -0.361 e. The van der Waals surface area contributed by atoms with Crippen molar-refractivity contribution >= 4 is 16.8 Å². The Kier molecular flexibility index (Phi) is 5.54. The van der Waals surface area contributed by atoms with Gasteiger partial charge in [0.05, 0.1) is 0 Å². The summed E-state index contributed by atoms with van der Waals surface area (Å²) in [5.74, 6) is 0.746. The SMILES string of the molecule is CC(C)CNC(=O)CC(Cc1ccccc1)c1c[nH]c2ccccc12. The molecule has 3 nitrogen and oxygen atoms in total. The van der Waals surface area contributed by atoms with E-state index in [2.05, 4.69) is 72.8 Å². The smallest absolute Gasteiger partial charge is 0.220 e. The van der Waals surface area contributed by atoms with Crippen LogP contribution < -0.4 is 5.32 Å². The largest absolute Gasteiger partial charge is 0.361 e. The maximum atomic E-state index is 12.5. The van der Waals surface area contributed by atoms with Gasteiger partial charge in [-0.25, -0.2) is 0 Å². The molecule has 130 valence electrons. The van der Waals surface area contributed by atoms with Crippen LogP contribution in [0.1, 0.15) is 37.3 Å². The van der Waals surface area contributed by atoms with Gasteiger partial charge in [-0.1, -0.05) is 62.4 Å². The molecule has 1 atom stereocenters. The van der Waals surface area contributed by atoms with E-state index in [-0.39, 0.29) is 11.8 Å². The first-order valence-electron chi connectivity index (χ1n) is 9.00. The predicted molar refractivity (Wildman–Crippen MR) is 104 cm³/mol. The summed E-state index contributed by atoms with van der Waals surface area (Å²) >= 11 is 0. The molecule has 1 amide bonds. The zero-order chi connectivity index (χ0) is 17.6. The van der Waals surface area contributed by atoms with Crippen LogP contribution in [0.15, 0.2) is 60.8 Å². The highest BCUT2D eigenvalue weighted by Gasteiger charge is 2.20. The van der Waals surface area contributed by atoms with Crippen LogP contribution in [0.4, 0.5) is 0 Å². The van der Waals surface area contributed by atoms with Gasteiger partial charge in [-0.05, 0) is 35.4 Å². The molecule has 1 unspecified atom stereocenters. The van der Waals surface area contributed by atoms with E-state index in [4.69, 9.17) is 0 Å². The van der Waals surface area contributed by atoms with Gasteiger partial charge in [0, 0.05) is 30.1 Å². The number of nitrogens with one attached hydrogen (secondary N) is 2. The highest BCUT2D eigenvalue weighted by Crippen LogP contribution is 2.30. The Balaban J connectivity index is 1.85. The van der Waals surface area contributed by atoms with Gasteiger partial charge in [-0.2, -0.15) is 0 Å². The van der Waals surface area contributed by atoms with Crippen LogP contribution in [0.25, 0.3) is 10.9 Å². The minimum absolute atomic E-state index is 0.125. The third kappa shape index (κ3) is 4.50. The van der Waals surface area contributed by atoms with E-state index in [0.29, 0.717) is 12.3 Å². The van der Waals surface area contributed by atoms with Gasteiger partial charge in [0.15, 0.2) is 0 Å². The Labute approximate surface area is 149 Å².